The first kappa shape index (κ1) is 18.4. The van der Waals surface area contributed by atoms with E-state index in [1.807, 2.05) is 0 Å². The largest absolute Gasteiger partial charge is 0.493 e. The molecule has 0 fully saturated rings. The van der Waals surface area contributed by atoms with Gasteiger partial charge in [-0.15, -0.1) is 0 Å². The van der Waals surface area contributed by atoms with Crippen molar-refractivity contribution in [3.05, 3.63) is 27.2 Å². The van der Waals surface area contributed by atoms with Crippen molar-refractivity contribution < 1.29 is 34.0 Å². The molecule has 0 aliphatic heterocycles. The van der Waals surface area contributed by atoms with Crippen molar-refractivity contribution >= 4 is 27.9 Å². The molecule has 1 aromatic heterocycles. The highest BCUT2D eigenvalue weighted by Gasteiger charge is 2.51. The molecule has 0 amide bonds. The predicted octanol–water partition coefficient (Wildman–Crippen LogP) is -0.696. The number of carbonyl (C=O) groups is 1. The molecule has 0 saturated carbocycles. The van der Waals surface area contributed by atoms with E-state index in [9.17, 15) is 28.6 Å². The minimum Gasteiger partial charge on any atom is -0.493 e. The fourth-order valence-corrected chi connectivity index (χ4v) is 1.71. The Morgan fingerprint density at radius 2 is 2.09 bits per heavy atom. The number of alkyl halides is 2. The van der Waals surface area contributed by atoms with Crippen LogP contribution < -0.4 is 5.69 Å². The van der Waals surface area contributed by atoms with Gasteiger partial charge in [-0.05, 0) is 11.1 Å². The standard InChI is InChI=1S/C11H11BrF2N2O6/c12-2-1-5-3-16(10(22)15-8(5)20)9(21)11(13,14)7(19)6(18)4-17/h1-3,6-7,17-19H,4H2,(H,15,20,22)/b2-1+/t6-,7+/m0/s1. The molecule has 11 heteroatoms. The van der Waals surface area contributed by atoms with Gasteiger partial charge >= 0.3 is 17.5 Å². The van der Waals surface area contributed by atoms with Crippen LogP contribution in [-0.4, -0.2) is 60.6 Å². The summed E-state index contributed by atoms with van der Waals surface area (Å²) in [5.41, 5.74) is -1.72. The van der Waals surface area contributed by atoms with Crippen molar-refractivity contribution in [1.29, 1.82) is 0 Å². The van der Waals surface area contributed by atoms with Gasteiger partial charge in [0.1, 0.15) is 6.10 Å². The summed E-state index contributed by atoms with van der Waals surface area (Å²) in [7, 11) is 0. The molecular weight excluding hydrogens is 374 g/mol. The third-order valence-corrected chi connectivity index (χ3v) is 2.87. The normalized spacial score (nSPS) is 15.0. The maximum absolute atomic E-state index is 13.8. The highest BCUT2D eigenvalue weighted by atomic mass is 79.9. The Labute approximate surface area is 130 Å². The number of aliphatic hydroxyl groups excluding tert-OH is 3. The lowest BCUT2D eigenvalue weighted by Gasteiger charge is -2.24. The number of rotatable bonds is 5. The molecule has 1 rings (SSSR count). The molecule has 0 bridgehead atoms. The average Bonchev–Trinajstić information content (AvgIpc) is 2.47. The Kier molecular flexibility index (Phi) is 5.88. The summed E-state index contributed by atoms with van der Waals surface area (Å²) in [6.07, 6.45) is -3.50. The Hall–Kier alpha value is -1.69. The molecule has 1 heterocycles. The second kappa shape index (κ2) is 7.05. The molecule has 0 spiro atoms. The van der Waals surface area contributed by atoms with Crippen LogP contribution >= 0.6 is 15.9 Å². The van der Waals surface area contributed by atoms with Crippen LogP contribution in [-0.2, 0) is 0 Å². The van der Waals surface area contributed by atoms with Crippen LogP contribution in [0.5, 0.6) is 5.88 Å². The van der Waals surface area contributed by atoms with E-state index in [2.05, 4.69) is 20.9 Å². The zero-order chi connectivity index (χ0) is 17.1. The van der Waals surface area contributed by atoms with Crippen molar-refractivity contribution in [2.75, 3.05) is 6.61 Å². The van der Waals surface area contributed by atoms with Crippen LogP contribution in [0.4, 0.5) is 8.78 Å². The molecule has 22 heavy (non-hydrogen) atoms. The van der Waals surface area contributed by atoms with Crippen LogP contribution in [0.15, 0.2) is 16.0 Å². The highest BCUT2D eigenvalue weighted by molar-refractivity contribution is 9.11. The van der Waals surface area contributed by atoms with E-state index in [0.29, 0.717) is 6.20 Å². The molecular formula is C11H11BrF2N2O6. The van der Waals surface area contributed by atoms with E-state index >= 15 is 0 Å². The molecule has 0 saturated heterocycles. The molecule has 0 radical (unpaired) electrons. The molecule has 122 valence electrons. The summed E-state index contributed by atoms with van der Waals surface area (Å²) in [5.74, 6) is -7.53. The zero-order valence-corrected chi connectivity index (χ0v) is 12.3. The molecule has 2 atom stereocenters. The highest BCUT2D eigenvalue weighted by Crippen LogP contribution is 2.24. The average molecular weight is 385 g/mol. The SMILES string of the molecule is O=C(n1cc(/C=C/Br)c(O)nc1=O)C(F)(F)[C@H](O)[C@@H](O)CO. The zero-order valence-electron chi connectivity index (χ0n) is 10.7. The fraction of sp³-hybridized carbons (Fsp3) is 0.364. The lowest BCUT2D eigenvalue weighted by atomic mass is 10.1. The second-order valence-corrected chi connectivity index (χ2v) is 4.62. The summed E-state index contributed by atoms with van der Waals surface area (Å²) in [4.78, 5) is 27.4. The van der Waals surface area contributed by atoms with Gasteiger partial charge in [-0.1, -0.05) is 15.9 Å². The Morgan fingerprint density at radius 1 is 1.50 bits per heavy atom. The van der Waals surface area contributed by atoms with Crippen LogP contribution in [0.1, 0.15) is 10.4 Å². The molecule has 0 unspecified atom stereocenters. The summed E-state index contributed by atoms with van der Waals surface area (Å²) < 4.78 is 27.5. The van der Waals surface area contributed by atoms with Crippen LogP contribution in [0.2, 0.25) is 0 Å². The van der Waals surface area contributed by atoms with E-state index in [0.717, 1.165) is 6.08 Å². The summed E-state index contributed by atoms with van der Waals surface area (Å²) in [6.45, 7) is -1.22. The number of carbonyl (C=O) groups excluding carboxylic acids is 1. The maximum Gasteiger partial charge on any atom is 0.357 e. The van der Waals surface area contributed by atoms with Gasteiger partial charge in [0, 0.05) is 6.20 Å². The van der Waals surface area contributed by atoms with Crippen molar-refractivity contribution in [2.45, 2.75) is 18.1 Å². The van der Waals surface area contributed by atoms with Gasteiger partial charge in [-0.25, -0.2) is 9.36 Å². The third kappa shape index (κ3) is 3.55. The number of hydrogen-bond donors (Lipinski definition) is 4. The maximum atomic E-state index is 13.8. The molecule has 0 aromatic carbocycles. The van der Waals surface area contributed by atoms with Crippen molar-refractivity contribution in [3.8, 4) is 5.88 Å². The van der Waals surface area contributed by atoms with Crippen molar-refractivity contribution in [2.24, 2.45) is 0 Å². The Morgan fingerprint density at radius 3 is 2.59 bits per heavy atom. The third-order valence-electron chi connectivity index (χ3n) is 2.60. The van der Waals surface area contributed by atoms with Crippen LogP contribution in [0, 0.1) is 0 Å². The molecule has 8 nitrogen and oxygen atoms in total. The summed E-state index contributed by atoms with van der Waals surface area (Å²) in [6, 6.07) is 0. The number of halogens is 3. The van der Waals surface area contributed by atoms with Crippen molar-refractivity contribution in [3.63, 3.8) is 0 Å². The first-order chi connectivity index (χ1) is 10.2. The fourth-order valence-electron chi connectivity index (χ4n) is 1.42. The minimum absolute atomic E-state index is 0.116. The molecule has 1 aromatic rings. The van der Waals surface area contributed by atoms with Crippen LogP contribution in [0.3, 0.4) is 0 Å². The minimum atomic E-state index is -4.57. The number of aromatic nitrogens is 2. The van der Waals surface area contributed by atoms with Crippen LogP contribution in [0.25, 0.3) is 6.08 Å². The van der Waals surface area contributed by atoms with E-state index in [1.54, 1.807) is 0 Å². The van der Waals surface area contributed by atoms with E-state index in [4.69, 9.17) is 10.2 Å². The Bertz CT molecular complexity index is 648. The van der Waals surface area contributed by atoms with E-state index < -0.39 is 42.2 Å². The molecule has 4 N–H and O–H groups in total. The summed E-state index contributed by atoms with van der Waals surface area (Å²) >= 11 is 2.85. The van der Waals surface area contributed by atoms with Gasteiger partial charge in [0.05, 0.1) is 12.2 Å². The number of aliphatic hydroxyl groups is 3. The lowest BCUT2D eigenvalue weighted by molar-refractivity contribution is -0.136. The van der Waals surface area contributed by atoms with E-state index in [1.165, 1.54) is 4.99 Å². The van der Waals surface area contributed by atoms with Gasteiger partial charge in [-0.2, -0.15) is 13.8 Å². The smallest absolute Gasteiger partial charge is 0.357 e. The van der Waals surface area contributed by atoms with E-state index in [-0.39, 0.29) is 10.1 Å². The number of nitrogens with zero attached hydrogens (tertiary/aromatic N) is 2. The van der Waals surface area contributed by atoms with Gasteiger partial charge in [-0.3, -0.25) is 4.79 Å². The van der Waals surface area contributed by atoms with Crippen molar-refractivity contribution in [1.82, 2.24) is 9.55 Å². The quantitative estimate of drug-likeness (QED) is 0.527. The molecule has 0 aliphatic carbocycles. The Balaban J connectivity index is 3.33. The second-order valence-electron chi connectivity index (χ2n) is 4.09. The first-order valence-corrected chi connectivity index (χ1v) is 6.57. The number of hydrogen-bond acceptors (Lipinski definition) is 7. The first-order valence-electron chi connectivity index (χ1n) is 5.65. The summed E-state index contributed by atoms with van der Waals surface area (Å²) in [5, 5.41) is 36.1. The van der Waals surface area contributed by atoms with Gasteiger partial charge < -0.3 is 20.4 Å². The van der Waals surface area contributed by atoms with Gasteiger partial charge in [0.25, 0.3) is 0 Å². The lowest BCUT2D eigenvalue weighted by Crippen LogP contribution is -2.53. The van der Waals surface area contributed by atoms with Gasteiger partial charge in [0.15, 0.2) is 6.10 Å². The topological polar surface area (TPSA) is 133 Å². The predicted molar refractivity (Wildman–Crippen MR) is 72.8 cm³/mol. The van der Waals surface area contributed by atoms with Gasteiger partial charge in [0.2, 0.25) is 5.88 Å². The number of aromatic hydroxyl groups is 1. The monoisotopic (exact) mass is 384 g/mol. The molecule has 0 aliphatic rings.